The first-order valence-electron chi connectivity index (χ1n) is 8.62. The number of amides is 2. The number of hydrogen-bond acceptors (Lipinski definition) is 3. The van der Waals surface area contributed by atoms with Crippen LogP contribution in [0.1, 0.15) is 40.5 Å². The molecule has 1 heterocycles. The number of anilines is 1. The molecule has 1 saturated heterocycles. The molecule has 5 nitrogen and oxygen atoms in total. The van der Waals surface area contributed by atoms with Gasteiger partial charge in [0.05, 0.1) is 0 Å². The molecule has 2 atom stereocenters. The number of halogens is 1. The number of piperidine rings is 1. The fourth-order valence-electron chi connectivity index (χ4n) is 3.03. The summed E-state index contributed by atoms with van der Waals surface area (Å²) in [6.07, 6.45) is 1.89. The van der Waals surface area contributed by atoms with Crippen LogP contribution in [0.5, 0.6) is 0 Å². The Balaban J connectivity index is 0.00000243. The summed E-state index contributed by atoms with van der Waals surface area (Å²) in [7, 11) is 0. The molecule has 3 N–H and O–H groups in total. The lowest BCUT2D eigenvalue weighted by Gasteiger charge is -2.28. The minimum absolute atomic E-state index is 0. The van der Waals surface area contributed by atoms with E-state index >= 15 is 0 Å². The molecule has 2 aromatic carbocycles. The van der Waals surface area contributed by atoms with Crippen LogP contribution in [0.3, 0.4) is 0 Å². The van der Waals surface area contributed by atoms with Crippen molar-refractivity contribution in [3.63, 3.8) is 0 Å². The highest BCUT2D eigenvalue weighted by molar-refractivity contribution is 6.04. The highest BCUT2D eigenvalue weighted by Crippen LogP contribution is 2.13. The second-order valence-electron chi connectivity index (χ2n) is 6.45. The largest absolute Gasteiger partial charge is 0.349 e. The molecule has 0 saturated carbocycles. The van der Waals surface area contributed by atoms with E-state index in [2.05, 4.69) is 22.9 Å². The third-order valence-electron chi connectivity index (χ3n) is 4.40. The van der Waals surface area contributed by atoms with E-state index in [0.717, 1.165) is 19.4 Å². The number of rotatable bonds is 4. The van der Waals surface area contributed by atoms with Crippen molar-refractivity contribution in [2.75, 3.05) is 11.9 Å². The standard InChI is InChI=1S/C20H23N3O2.ClH/c1-14-13-18(11-12-21-14)23-20(25)16-7-9-17(10-8-16)22-19(24)15-5-3-2-4-6-15;/h2-10,14,18,21H,11-13H2,1H3,(H,22,24)(H,23,25);1H. The van der Waals surface area contributed by atoms with Crippen molar-refractivity contribution in [2.24, 2.45) is 0 Å². The summed E-state index contributed by atoms with van der Waals surface area (Å²) in [5.74, 6) is -0.235. The van der Waals surface area contributed by atoms with Gasteiger partial charge in [-0.3, -0.25) is 9.59 Å². The summed E-state index contributed by atoms with van der Waals surface area (Å²) in [4.78, 5) is 24.5. The number of carbonyl (C=O) groups is 2. The second kappa shape index (κ2) is 9.36. The maximum absolute atomic E-state index is 12.4. The van der Waals surface area contributed by atoms with Gasteiger partial charge in [0.2, 0.25) is 0 Å². The van der Waals surface area contributed by atoms with E-state index < -0.39 is 0 Å². The average molecular weight is 374 g/mol. The first-order valence-corrected chi connectivity index (χ1v) is 8.62. The molecule has 0 aromatic heterocycles. The molecule has 138 valence electrons. The van der Waals surface area contributed by atoms with Crippen molar-refractivity contribution in [1.29, 1.82) is 0 Å². The zero-order valence-corrected chi connectivity index (χ0v) is 15.5. The average Bonchev–Trinajstić information content (AvgIpc) is 2.63. The van der Waals surface area contributed by atoms with E-state index in [-0.39, 0.29) is 30.3 Å². The first-order chi connectivity index (χ1) is 12.1. The Hall–Kier alpha value is -2.37. The molecule has 0 bridgehead atoms. The summed E-state index contributed by atoms with van der Waals surface area (Å²) in [5, 5.41) is 9.29. The van der Waals surface area contributed by atoms with Crippen LogP contribution in [0.2, 0.25) is 0 Å². The Bertz CT molecular complexity index is 734. The number of nitrogens with one attached hydrogen (secondary N) is 3. The highest BCUT2D eigenvalue weighted by Gasteiger charge is 2.20. The van der Waals surface area contributed by atoms with E-state index in [1.54, 1.807) is 36.4 Å². The first kappa shape index (κ1) is 19.9. The van der Waals surface area contributed by atoms with Crippen LogP contribution >= 0.6 is 12.4 Å². The molecule has 1 aliphatic heterocycles. The minimum atomic E-state index is -0.165. The fraction of sp³-hybridized carbons (Fsp3) is 0.300. The van der Waals surface area contributed by atoms with Crippen LogP contribution in [0.4, 0.5) is 5.69 Å². The Morgan fingerprint density at radius 1 is 0.962 bits per heavy atom. The zero-order chi connectivity index (χ0) is 17.6. The predicted molar refractivity (Wildman–Crippen MR) is 106 cm³/mol. The van der Waals surface area contributed by atoms with Gasteiger partial charge in [-0.1, -0.05) is 18.2 Å². The molecule has 1 aliphatic rings. The maximum Gasteiger partial charge on any atom is 0.255 e. The Labute approximate surface area is 160 Å². The van der Waals surface area contributed by atoms with Crippen LogP contribution in [-0.2, 0) is 0 Å². The second-order valence-corrected chi connectivity index (χ2v) is 6.45. The number of carbonyl (C=O) groups excluding carboxylic acids is 2. The van der Waals surface area contributed by atoms with Gasteiger partial charge in [-0.25, -0.2) is 0 Å². The normalized spacial score (nSPS) is 19.1. The van der Waals surface area contributed by atoms with Crippen LogP contribution in [-0.4, -0.2) is 30.4 Å². The van der Waals surface area contributed by atoms with Crippen molar-refractivity contribution in [3.05, 3.63) is 65.7 Å². The number of benzene rings is 2. The third kappa shape index (κ3) is 5.31. The van der Waals surface area contributed by atoms with Crippen molar-refractivity contribution in [1.82, 2.24) is 10.6 Å². The topological polar surface area (TPSA) is 70.2 Å². The Kier molecular flexibility index (Phi) is 7.18. The van der Waals surface area contributed by atoms with Crippen molar-refractivity contribution >= 4 is 29.9 Å². The van der Waals surface area contributed by atoms with Gasteiger partial charge in [-0.15, -0.1) is 12.4 Å². The lowest BCUT2D eigenvalue weighted by atomic mass is 10.0. The fourth-order valence-corrected chi connectivity index (χ4v) is 3.03. The van der Waals surface area contributed by atoms with E-state index in [0.29, 0.717) is 22.9 Å². The van der Waals surface area contributed by atoms with E-state index in [9.17, 15) is 9.59 Å². The Morgan fingerprint density at radius 2 is 1.62 bits per heavy atom. The molecule has 1 fully saturated rings. The van der Waals surface area contributed by atoms with Gasteiger partial charge in [-0.2, -0.15) is 0 Å². The van der Waals surface area contributed by atoms with E-state index in [1.807, 2.05) is 18.2 Å². The molecule has 26 heavy (non-hydrogen) atoms. The van der Waals surface area contributed by atoms with Gasteiger partial charge < -0.3 is 16.0 Å². The van der Waals surface area contributed by atoms with Crippen LogP contribution in [0.25, 0.3) is 0 Å². The molecule has 0 aliphatic carbocycles. The monoisotopic (exact) mass is 373 g/mol. The summed E-state index contributed by atoms with van der Waals surface area (Å²) < 4.78 is 0. The summed E-state index contributed by atoms with van der Waals surface area (Å²) in [5.41, 5.74) is 1.87. The zero-order valence-electron chi connectivity index (χ0n) is 14.7. The van der Waals surface area contributed by atoms with E-state index in [1.165, 1.54) is 0 Å². The molecule has 2 unspecified atom stereocenters. The molecule has 0 radical (unpaired) electrons. The van der Waals surface area contributed by atoms with Gasteiger partial charge in [0.15, 0.2) is 0 Å². The lowest BCUT2D eigenvalue weighted by molar-refractivity contribution is 0.0925. The van der Waals surface area contributed by atoms with Crippen molar-refractivity contribution in [2.45, 2.75) is 31.8 Å². The third-order valence-corrected chi connectivity index (χ3v) is 4.40. The highest BCUT2D eigenvalue weighted by atomic mass is 35.5. The van der Waals surface area contributed by atoms with Gasteiger partial charge in [0, 0.05) is 28.9 Å². The number of hydrogen-bond donors (Lipinski definition) is 3. The predicted octanol–water partition coefficient (Wildman–Crippen LogP) is 3.23. The smallest absolute Gasteiger partial charge is 0.255 e. The van der Waals surface area contributed by atoms with Crippen LogP contribution in [0, 0.1) is 0 Å². The molecular weight excluding hydrogens is 350 g/mol. The molecular formula is C20H24ClN3O2. The van der Waals surface area contributed by atoms with Gasteiger partial charge >= 0.3 is 0 Å². The minimum Gasteiger partial charge on any atom is -0.349 e. The summed E-state index contributed by atoms with van der Waals surface area (Å²) >= 11 is 0. The quantitative estimate of drug-likeness (QED) is 0.770. The van der Waals surface area contributed by atoms with Crippen molar-refractivity contribution < 1.29 is 9.59 Å². The molecule has 2 amide bonds. The summed E-state index contributed by atoms with van der Waals surface area (Å²) in [6, 6.07) is 16.6. The van der Waals surface area contributed by atoms with Crippen LogP contribution < -0.4 is 16.0 Å². The van der Waals surface area contributed by atoms with E-state index in [4.69, 9.17) is 0 Å². The van der Waals surface area contributed by atoms with Crippen LogP contribution in [0.15, 0.2) is 54.6 Å². The SMILES string of the molecule is CC1CC(NC(=O)c2ccc(NC(=O)c3ccccc3)cc2)CCN1.Cl. The molecule has 2 aromatic rings. The van der Waals surface area contributed by atoms with Gasteiger partial charge in [0.25, 0.3) is 11.8 Å². The molecule has 3 rings (SSSR count). The van der Waals surface area contributed by atoms with Gasteiger partial charge in [0.1, 0.15) is 0 Å². The maximum atomic E-state index is 12.4. The lowest BCUT2D eigenvalue weighted by Crippen LogP contribution is -2.46. The van der Waals surface area contributed by atoms with Gasteiger partial charge in [-0.05, 0) is 62.7 Å². The molecule has 0 spiro atoms. The Morgan fingerprint density at radius 3 is 2.27 bits per heavy atom. The summed E-state index contributed by atoms with van der Waals surface area (Å²) in [6.45, 7) is 3.05. The van der Waals surface area contributed by atoms with Crippen molar-refractivity contribution in [3.8, 4) is 0 Å². The molecule has 6 heteroatoms.